The van der Waals surface area contributed by atoms with E-state index in [0.29, 0.717) is 19.7 Å². The Morgan fingerprint density at radius 3 is 2.12 bits per heavy atom. The summed E-state index contributed by atoms with van der Waals surface area (Å²) in [4.78, 5) is 25.9. The van der Waals surface area contributed by atoms with Gasteiger partial charge in [-0.1, -0.05) is 60.7 Å². The van der Waals surface area contributed by atoms with Gasteiger partial charge >= 0.3 is 5.97 Å². The minimum atomic E-state index is -0.915. The zero-order chi connectivity index (χ0) is 17.6. The molecule has 2 aromatic carbocycles. The molecule has 0 spiro atoms. The van der Waals surface area contributed by atoms with Gasteiger partial charge in [0.15, 0.2) is 0 Å². The molecule has 0 aromatic heterocycles. The van der Waals surface area contributed by atoms with Gasteiger partial charge in [-0.05, 0) is 11.1 Å². The van der Waals surface area contributed by atoms with Crippen LogP contribution in [0.5, 0.6) is 0 Å². The number of amides is 1. The summed E-state index contributed by atoms with van der Waals surface area (Å²) in [5, 5.41) is 8.97. The van der Waals surface area contributed by atoms with Crippen molar-refractivity contribution in [2.45, 2.75) is 18.4 Å². The van der Waals surface area contributed by atoms with Crippen LogP contribution in [0.1, 0.15) is 23.5 Å². The summed E-state index contributed by atoms with van der Waals surface area (Å²) in [6, 6.07) is 19.3. The van der Waals surface area contributed by atoms with E-state index in [-0.39, 0.29) is 12.3 Å². The van der Waals surface area contributed by atoms with Gasteiger partial charge in [-0.15, -0.1) is 0 Å². The van der Waals surface area contributed by atoms with Gasteiger partial charge < -0.3 is 14.7 Å². The third-order valence-electron chi connectivity index (χ3n) is 4.37. The smallest absolute Gasteiger partial charge is 0.306 e. The number of nitrogens with zero attached hydrogens (tertiary/aromatic N) is 1. The van der Waals surface area contributed by atoms with Crippen LogP contribution >= 0.6 is 0 Å². The number of benzene rings is 2. The number of carbonyl (C=O) groups is 2. The first-order valence-electron chi connectivity index (χ1n) is 8.37. The average molecular weight is 339 g/mol. The third-order valence-corrected chi connectivity index (χ3v) is 4.37. The summed E-state index contributed by atoms with van der Waals surface area (Å²) < 4.78 is 5.49. The molecule has 1 saturated heterocycles. The molecule has 0 radical (unpaired) electrons. The van der Waals surface area contributed by atoms with E-state index in [0.717, 1.165) is 11.1 Å². The van der Waals surface area contributed by atoms with Crippen LogP contribution in [0.3, 0.4) is 0 Å². The van der Waals surface area contributed by atoms with Gasteiger partial charge in [0.2, 0.25) is 5.91 Å². The number of morpholine rings is 1. The number of carboxylic acids is 1. The molecule has 0 bridgehead atoms. The van der Waals surface area contributed by atoms with Crippen LogP contribution in [0.2, 0.25) is 0 Å². The van der Waals surface area contributed by atoms with Crippen LogP contribution in [0.4, 0.5) is 0 Å². The van der Waals surface area contributed by atoms with E-state index in [2.05, 4.69) is 0 Å². The molecule has 1 amide bonds. The molecule has 1 heterocycles. The minimum absolute atomic E-state index is 0.0175. The van der Waals surface area contributed by atoms with Gasteiger partial charge in [0.25, 0.3) is 0 Å². The maximum absolute atomic E-state index is 13.3. The molecule has 25 heavy (non-hydrogen) atoms. The standard InChI is InChI=1S/C20H21NO4/c22-18(23)13-17-14-21(11-12-25-17)20(24)19(15-7-3-1-4-8-15)16-9-5-2-6-10-16/h1-10,17,19H,11-14H2,(H,22,23)/t17-/m1/s1. The largest absolute Gasteiger partial charge is 0.481 e. The summed E-state index contributed by atoms with van der Waals surface area (Å²) in [7, 11) is 0. The second kappa shape index (κ2) is 7.94. The lowest BCUT2D eigenvalue weighted by Gasteiger charge is -2.35. The van der Waals surface area contributed by atoms with Crippen LogP contribution in [0.25, 0.3) is 0 Å². The number of carbonyl (C=O) groups excluding carboxylic acids is 1. The van der Waals surface area contributed by atoms with Crippen LogP contribution in [-0.4, -0.2) is 47.7 Å². The fourth-order valence-corrected chi connectivity index (χ4v) is 3.19. The molecule has 1 aliphatic rings. The maximum Gasteiger partial charge on any atom is 0.306 e. The van der Waals surface area contributed by atoms with Crippen molar-refractivity contribution in [1.29, 1.82) is 0 Å². The van der Waals surface area contributed by atoms with E-state index < -0.39 is 18.0 Å². The van der Waals surface area contributed by atoms with E-state index in [1.54, 1.807) is 4.90 Å². The van der Waals surface area contributed by atoms with Crippen molar-refractivity contribution < 1.29 is 19.4 Å². The highest BCUT2D eigenvalue weighted by atomic mass is 16.5. The van der Waals surface area contributed by atoms with Gasteiger partial charge in [-0.2, -0.15) is 0 Å². The monoisotopic (exact) mass is 339 g/mol. The lowest BCUT2D eigenvalue weighted by Crippen LogP contribution is -2.48. The third kappa shape index (κ3) is 4.25. The van der Waals surface area contributed by atoms with Crippen LogP contribution in [0.15, 0.2) is 60.7 Å². The molecule has 1 N–H and O–H groups in total. The molecular formula is C20H21NO4. The molecule has 2 aromatic rings. The van der Waals surface area contributed by atoms with E-state index >= 15 is 0 Å². The maximum atomic E-state index is 13.3. The highest BCUT2D eigenvalue weighted by molar-refractivity contribution is 5.87. The van der Waals surface area contributed by atoms with Gasteiger partial charge in [-0.25, -0.2) is 0 Å². The summed E-state index contributed by atoms with van der Waals surface area (Å²) in [6.45, 7) is 1.15. The number of rotatable bonds is 5. The normalized spacial score (nSPS) is 17.5. The molecule has 0 saturated carbocycles. The Hall–Kier alpha value is -2.66. The highest BCUT2D eigenvalue weighted by Gasteiger charge is 2.31. The Labute approximate surface area is 146 Å². The van der Waals surface area contributed by atoms with Crippen molar-refractivity contribution in [3.8, 4) is 0 Å². The van der Waals surface area contributed by atoms with Crippen molar-refractivity contribution >= 4 is 11.9 Å². The second-order valence-electron chi connectivity index (χ2n) is 6.13. The lowest BCUT2D eigenvalue weighted by molar-refractivity contribution is -0.148. The molecule has 0 aliphatic carbocycles. The molecule has 1 fully saturated rings. The van der Waals surface area contributed by atoms with E-state index in [9.17, 15) is 9.59 Å². The molecule has 5 nitrogen and oxygen atoms in total. The zero-order valence-corrected chi connectivity index (χ0v) is 13.9. The van der Waals surface area contributed by atoms with Crippen LogP contribution in [-0.2, 0) is 14.3 Å². The predicted octanol–water partition coefficient (Wildman–Crippen LogP) is 2.52. The Bertz CT molecular complexity index is 677. The minimum Gasteiger partial charge on any atom is -0.481 e. The summed E-state index contributed by atoms with van der Waals surface area (Å²) in [6.07, 6.45) is -0.548. The van der Waals surface area contributed by atoms with Crippen molar-refractivity contribution in [2.24, 2.45) is 0 Å². The molecular weight excluding hydrogens is 318 g/mol. The number of hydrogen-bond donors (Lipinski definition) is 1. The Kier molecular flexibility index (Phi) is 5.46. The highest BCUT2D eigenvalue weighted by Crippen LogP contribution is 2.27. The van der Waals surface area contributed by atoms with E-state index in [4.69, 9.17) is 9.84 Å². The first-order valence-corrected chi connectivity index (χ1v) is 8.37. The summed E-state index contributed by atoms with van der Waals surface area (Å²) in [5.41, 5.74) is 1.86. The Morgan fingerprint density at radius 2 is 1.60 bits per heavy atom. The lowest BCUT2D eigenvalue weighted by atomic mass is 9.89. The summed E-state index contributed by atoms with van der Waals surface area (Å²) in [5.74, 6) is -1.33. The quantitative estimate of drug-likeness (QED) is 0.909. The molecule has 0 unspecified atom stereocenters. The van der Waals surface area contributed by atoms with Gasteiger partial charge in [0.05, 0.1) is 25.0 Å². The average Bonchev–Trinajstić information content (AvgIpc) is 2.63. The fourth-order valence-electron chi connectivity index (χ4n) is 3.19. The predicted molar refractivity (Wildman–Crippen MR) is 93.3 cm³/mol. The number of ether oxygens (including phenoxy) is 1. The van der Waals surface area contributed by atoms with Gasteiger partial charge in [0.1, 0.15) is 0 Å². The van der Waals surface area contributed by atoms with Crippen LogP contribution in [0, 0.1) is 0 Å². The molecule has 1 aliphatic heterocycles. The Morgan fingerprint density at radius 1 is 1.04 bits per heavy atom. The first kappa shape index (κ1) is 17.2. The Balaban J connectivity index is 1.86. The topological polar surface area (TPSA) is 66.8 Å². The molecule has 1 atom stereocenters. The second-order valence-corrected chi connectivity index (χ2v) is 6.13. The molecule has 130 valence electrons. The SMILES string of the molecule is O=C(O)C[C@@H]1CN(C(=O)C(c2ccccc2)c2ccccc2)CCO1. The van der Waals surface area contributed by atoms with Crippen molar-refractivity contribution in [3.05, 3.63) is 71.8 Å². The first-order chi connectivity index (χ1) is 12.1. The van der Waals surface area contributed by atoms with Crippen molar-refractivity contribution in [3.63, 3.8) is 0 Å². The van der Waals surface area contributed by atoms with Crippen LogP contribution < -0.4 is 0 Å². The number of carboxylic acid groups (broad SMARTS) is 1. The van der Waals surface area contributed by atoms with E-state index in [1.807, 2.05) is 60.7 Å². The molecule has 3 rings (SSSR count). The number of hydrogen-bond acceptors (Lipinski definition) is 3. The van der Waals surface area contributed by atoms with Gasteiger partial charge in [-0.3, -0.25) is 9.59 Å². The fraction of sp³-hybridized carbons (Fsp3) is 0.300. The van der Waals surface area contributed by atoms with Gasteiger partial charge in [0, 0.05) is 13.1 Å². The molecule has 5 heteroatoms. The van der Waals surface area contributed by atoms with Crippen molar-refractivity contribution in [2.75, 3.05) is 19.7 Å². The van der Waals surface area contributed by atoms with E-state index in [1.165, 1.54) is 0 Å². The zero-order valence-electron chi connectivity index (χ0n) is 13.9. The number of aliphatic carboxylic acids is 1. The summed E-state index contributed by atoms with van der Waals surface area (Å²) >= 11 is 0. The van der Waals surface area contributed by atoms with Crippen molar-refractivity contribution in [1.82, 2.24) is 4.90 Å².